The molecule has 1 aromatic carbocycles. The summed E-state index contributed by atoms with van der Waals surface area (Å²) < 4.78 is 33.5. The van der Waals surface area contributed by atoms with Crippen LogP contribution in [-0.4, -0.2) is 26.4 Å². The molecule has 0 radical (unpaired) electrons. The number of amides is 1. The van der Waals surface area contributed by atoms with E-state index in [1.54, 1.807) is 12.3 Å². The summed E-state index contributed by atoms with van der Waals surface area (Å²) in [6.07, 6.45) is 1.59. The van der Waals surface area contributed by atoms with Crippen LogP contribution in [0.1, 0.15) is 31.4 Å². The van der Waals surface area contributed by atoms with Crippen molar-refractivity contribution in [3.05, 3.63) is 59.8 Å². The van der Waals surface area contributed by atoms with E-state index in [0.29, 0.717) is 11.7 Å². The van der Waals surface area contributed by atoms with Gasteiger partial charge in [-0.15, -0.1) is 10.2 Å². The number of rotatable bonds is 7. The normalized spacial score (nSPS) is 11.1. The average Bonchev–Trinajstić information content (AvgIpc) is 3.27. The van der Waals surface area contributed by atoms with Gasteiger partial charge >= 0.3 is 0 Å². The standard InChI is InChI=1S/C18H18F2N4O2S/c1-11(2)17-22-23-18(24(17)9-13-4-3-7-26-13)27-10-16(25)21-12-5-6-14(19)15(20)8-12/h3-8,11H,9-10H2,1-2H3,(H,21,25). The molecule has 142 valence electrons. The Morgan fingerprint density at radius 1 is 1.26 bits per heavy atom. The number of benzene rings is 1. The molecule has 6 nitrogen and oxygen atoms in total. The lowest BCUT2D eigenvalue weighted by Crippen LogP contribution is -2.15. The number of anilines is 1. The quantitative estimate of drug-likeness (QED) is 0.614. The molecule has 1 amide bonds. The molecule has 3 aromatic rings. The molecule has 0 aliphatic rings. The van der Waals surface area contributed by atoms with Crippen molar-refractivity contribution in [2.45, 2.75) is 31.5 Å². The SMILES string of the molecule is CC(C)c1nnc(SCC(=O)Nc2ccc(F)c(F)c2)n1Cc1ccco1. The number of hydrogen-bond acceptors (Lipinski definition) is 5. The Bertz CT molecular complexity index is 926. The summed E-state index contributed by atoms with van der Waals surface area (Å²) >= 11 is 1.21. The molecular formula is C18H18F2N4O2S. The molecule has 0 saturated heterocycles. The van der Waals surface area contributed by atoms with Crippen molar-refractivity contribution in [3.63, 3.8) is 0 Å². The van der Waals surface area contributed by atoms with Gasteiger partial charge in [0, 0.05) is 17.7 Å². The number of carbonyl (C=O) groups excluding carboxylic acids is 1. The van der Waals surface area contributed by atoms with Gasteiger partial charge in [-0.2, -0.15) is 0 Å². The third-order valence-electron chi connectivity index (χ3n) is 3.69. The number of nitrogens with zero attached hydrogens (tertiary/aromatic N) is 3. The van der Waals surface area contributed by atoms with Crippen LogP contribution in [0.5, 0.6) is 0 Å². The van der Waals surface area contributed by atoms with Gasteiger partial charge in [0.05, 0.1) is 18.6 Å². The summed E-state index contributed by atoms with van der Waals surface area (Å²) in [6, 6.07) is 6.86. The third kappa shape index (κ3) is 4.73. The lowest BCUT2D eigenvalue weighted by Gasteiger charge is -2.10. The van der Waals surface area contributed by atoms with Gasteiger partial charge in [0.15, 0.2) is 16.8 Å². The average molecular weight is 392 g/mol. The lowest BCUT2D eigenvalue weighted by atomic mass is 10.2. The van der Waals surface area contributed by atoms with Crippen LogP contribution in [0.3, 0.4) is 0 Å². The highest BCUT2D eigenvalue weighted by molar-refractivity contribution is 7.99. The van der Waals surface area contributed by atoms with Gasteiger partial charge < -0.3 is 9.73 Å². The van der Waals surface area contributed by atoms with Crippen LogP contribution in [0.25, 0.3) is 0 Å². The molecule has 0 aliphatic carbocycles. The topological polar surface area (TPSA) is 73.0 Å². The number of furan rings is 1. The maximum absolute atomic E-state index is 13.2. The first-order valence-electron chi connectivity index (χ1n) is 8.27. The summed E-state index contributed by atoms with van der Waals surface area (Å²) in [6.45, 7) is 4.47. The summed E-state index contributed by atoms with van der Waals surface area (Å²) in [7, 11) is 0. The van der Waals surface area contributed by atoms with Crippen molar-refractivity contribution in [2.75, 3.05) is 11.1 Å². The number of aromatic nitrogens is 3. The van der Waals surface area contributed by atoms with Crippen LogP contribution in [-0.2, 0) is 11.3 Å². The smallest absolute Gasteiger partial charge is 0.234 e. The van der Waals surface area contributed by atoms with Gasteiger partial charge in [0.25, 0.3) is 0 Å². The van der Waals surface area contributed by atoms with Crippen LogP contribution in [0.2, 0.25) is 0 Å². The molecular weight excluding hydrogens is 374 g/mol. The minimum atomic E-state index is -1.01. The summed E-state index contributed by atoms with van der Waals surface area (Å²) in [4.78, 5) is 12.1. The minimum Gasteiger partial charge on any atom is -0.467 e. The van der Waals surface area contributed by atoms with Gasteiger partial charge in [-0.25, -0.2) is 8.78 Å². The third-order valence-corrected chi connectivity index (χ3v) is 4.66. The zero-order valence-corrected chi connectivity index (χ0v) is 15.6. The minimum absolute atomic E-state index is 0.0490. The van der Waals surface area contributed by atoms with Crippen LogP contribution >= 0.6 is 11.8 Å². The Labute approximate surface area is 159 Å². The highest BCUT2D eigenvalue weighted by Gasteiger charge is 2.18. The maximum atomic E-state index is 13.2. The second kappa shape index (κ2) is 8.34. The van der Waals surface area contributed by atoms with E-state index in [1.165, 1.54) is 17.8 Å². The van der Waals surface area contributed by atoms with E-state index < -0.39 is 11.6 Å². The molecule has 0 saturated carbocycles. The Hall–Kier alpha value is -2.68. The van der Waals surface area contributed by atoms with Crippen LogP contribution in [0.4, 0.5) is 14.5 Å². The zero-order chi connectivity index (χ0) is 19.4. The second-order valence-corrected chi connectivity index (χ2v) is 7.07. The summed E-state index contributed by atoms with van der Waals surface area (Å²) in [5.74, 6) is -0.593. The van der Waals surface area contributed by atoms with Crippen molar-refractivity contribution < 1.29 is 18.0 Å². The van der Waals surface area contributed by atoms with Gasteiger partial charge in [0.1, 0.15) is 11.6 Å². The highest BCUT2D eigenvalue weighted by atomic mass is 32.2. The van der Waals surface area contributed by atoms with Crippen molar-refractivity contribution in [1.82, 2.24) is 14.8 Å². The monoisotopic (exact) mass is 392 g/mol. The number of nitrogens with one attached hydrogen (secondary N) is 1. The van der Waals surface area contributed by atoms with Gasteiger partial charge in [-0.3, -0.25) is 9.36 Å². The molecule has 0 fully saturated rings. The first kappa shape index (κ1) is 19.1. The van der Waals surface area contributed by atoms with Crippen molar-refractivity contribution in [1.29, 1.82) is 0 Å². The van der Waals surface area contributed by atoms with E-state index in [0.717, 1.165) is 23.7 Å². The predicted octanol–water partition coefficient (Wildman–Crippen LogP) is 4.05. The highest BCUT2D eigenvalue weighted by Crippen LogP contribution is 2.23. The Morgan fingerprint density at radius 2 is 2.07 bits per heavy atom. The first-order chi connectivity index (χ1) is 12.9. The Morgan fingerprint density at radius 3 is 2.74 bits per heavy atom. The zero-order valence-electron chi connectivity index (χ0n) is 14.8. The molecule has 0 spiro atoms. The van der Waals surface area contributed by atoms with E-state index in [-0.39, 0.29) is 23.3 Å². The molecule has 0 unspecified atom stereocenters. The predicted molar refractivity (Wildman–Crippen MR) is 97.6 cm³/mol. The van der Waals surface area contributed by atoms with Gasteiger partial charge in [-0.1, -0.05) is 25.6 Å². The number of halogens is 2. The van der Waals surface area contributed by atoms with E-state index in [2.05, 4.69) is 15.5 Å². The summed E-state index contributed by atoms with van der Waals surface area (Å²) in [5, 5.41) is 11.5. The van der Waals surface area contributed by atoms with Gasteiger partial charge in [0.2, 0.25) is 5.91 Å². The van der Waals surface area contributed by atoms with E-state index in [9.17, 15) is 13.6 Å². The molecule has 0 aliphatic heterocycles. The van der Waals surface area contributed by atoms with Crippen molar-refractivity contribution in [3.8, 4) is 0 Å². The number of hydrogen-bond donors (Lipinski definition) is 1. The van der Waals surface area contributed by atoms with Crippen LogP contribution in [0, 0.1) is 11.6 Å². The molecule has 3 rings (SSSR count). The fourth-order valence-corrected chi connectivity index (χ4v) is 3.19. The van der Waals surface area contributed by atoms with E-state index in [4.69, 9.17) is 4.42 Å². The number of thioether (sulfide) groups is 1. The van der Waals surface area contributed by atoms with Crippen LogP contribution < -0.4 is 5.32 Å². The molecule has 27 heavy (non-hydrogen) atoms. The second-order valence-electron chi connectivity index (χ2n) is 6.13. The van der Waals surface area contributed by atoms with Crippen molar-refractivity contribution in [2.24, 2.45) is 0 Å². The summed E-state index contributed by atoms with van der Waals surface area (Å²) in [5.41, 5.74) is 0.194. The molecule has 2 heterocycles. The van der Waals surface area contributed by atoms with Crippen LogP contribution in [0.15, 0.2) is 46.2 Å². The van der Waals surface area contributed by atoms with Gasteiger partial charge in [-0.05, 0) is 24.3 Å². The molecule has 9 heteroatoms. The Balaban J connectivity index is 1.68. The van der Waals surface area contributed by atoms with E-state index >= 15 is 0 Å². The Kier molecular flexibility index (Phi) is 5.90. The maximum Gasteiger partial charge on any atom is 0.234 e. The first-order valence-corrected chi connectivity index (χ1v) is 9.25. The molecule has 0 atom stereocenters. The van der Waals surface area contributed by atoms with Crippen molar-refractivity contribution >= 4 is 23.4 Å². The largest absolute Gasteiger partial charge is 0.467 e. The van der Waals surface area contributed by atoms with E-state index in [1.807, 2.05) is 24.5 Å². The fourth-order valence-electron chi connectivity index (χ4n) is 2.44. The number of carbonyl (C=O) groups is 1. The molecule has 0 bridgehead atoms. The molecule has 1 N–H and O–H groups in total. The fraction of sp³-hybridized carbons (Fsp3) is 0.278. The lowest BCUT2D eigenvalue weighted by molar-refractivity contribution is -0.113. The molecule has 2 aromatic heterocycles.